The van der Waals surface area contributed by atoms with Crippen molar-refractivity contribution in [1.29, 1.82) is 0 Å². The molecule has 154 valence electrons. The third-order valence-electron chi connectivity index (χ3n) is 5.86. The molecule has 30 heavy (non-hydrogen) atoms. The first-order valence-corrected chi connectivity index (χ1v) is 10.6. The minimum atomic E-state index is -0.652. The molecule has 1 aliphatic rings. The van der Waals surface area contributed by atoms with Crippen molar-refractivity contribution in [2.75, 3.05) is 6.54 Å². The lowest BCUT2D eigenvalue weighted by Gasteiger charge is -2.36. The van der Waals surface area contributed by atoms with Gasteiger partial charge < -0.3 is 5.11 Å². The zero-order valence-corrected chi connectivity index (χ0v) is 17.5. The van der Waals surface area contributed by atoms with Gasteiger partial charge >= 0.3 is 0 Å². The number of aliphatic hydroxyl groups excluding tert-OH is 1. The maximum atomic E-state index is 11.2. The van der Waals surface area contributed by atoms with Gasteiger partial charge in [0.1, 0.15) is 11.4 Å². The van der Waals surface area contributed by atoms with Gasteiger partial charge in [-0.15, -0.1) is 0 Å². The van der Waals surface area contributed by atoms with Gasteiger partial charge in [-0.05, 0) is 48.1 Å². The van der Waals surface area contributed by atoms with E-state index in [1.54, 1.807) is 12.3 Å². The Morgan fingerprint density at radius 2 is 1.97 bits per heavy atom. The van der Waals surface area contributed by atoms with Gasteiger partial charge in [0.25, 0.3) is 0 Å². The molecule has 4 rings (SSSR count). The van der Waals surface area contributed by atoms with E-state index in [1.807, 2.05) is 36.4 Å². The van der Waals surface area contributed by atoms with Crippen molar-refractivity contribution in [2.24, 2.45) is 0 Å². The van der Waals surface area contributed by atoms with Gasteiger partial charge in [-0.2, -0.15) is 0 Å². The predicted molar refractivity (Wildman–Crippen MR) is 119 cm³/mol. The van der Waals surface area contributed by atoms with Crippen molar-refractivity contribution in [3.63, 3.8) is 0 Å². The highest BCUT2D eigenvalue weighted by Crippen LogP contribution is 2.28. The van der Waals surface area contributed by atoms with E-state index in [2.05, 4.69) is 28.1 Å². The number of carbonyl (C=O) groups is 1. The Morgan fingerprint density at radius 1 is 1.13 bits per heavy atom. The number of pyridine rings is 1. The summed E-state index contributed by atoms with van der Waals surface area (Å²) in [5.41, 5.74) is 5.25. The van der Waals surface area contributed by atoms with E-state index in [4.69, 9.17) is 11.6 Å². The molecule has 0 saturated carbocycles. The average Bonchev–Trinajstić information content (AvgIpc) is 2.79. The lowest BCUT2D eigenvalue weighted by molar-refractivity contribution is 0.0758. The number of aldehydes is 1. The Labute approximate surface area is 182 Å². The number of halogens is 1. The van der Waals surface area contributed by atoms with Crippen LogP contribution in [0.5, 0.6) is 0 Å². The Hall–Kier alpha value is -2.53. The zero-order valence-electron chi connectivity index (χ0n) is 16.7. The van der Waals surface area contributed by atoms with Gasteiger partial charge in [0.2, 0.25) is 0 Å². The highest BCUT2D eigenvalue weighted by molar-refractivity contribution is 6.29. The van der Waals surface area contributed by atoms with Crippen LogP contribution in [0.25, 0.3) is 0 Å². The van der Waals surface area contributed by atoms with Gasteiger partial charge in [-0.1, -0.05) is 60.1 Å². The van der Waals surface area contributed by atoms with E-state index in [1.165, 1.54) is 16.7 Å². The summed E-state index contributed by atoms with van der Waals surface area (Å²) < 4.78 is 0. The molecule has 1 aliphatic carbocycles. The van der Waals surface area contributed by atoms with Crippen molar-refractivity contribution in [3.8, 4) is 0 Å². The molecular formula is C25H25ClN2O2. The molecule has 0 fully saturated rings. The molecule has 5 heteroatoms. The molecule has 2 aromatic carbocycles. The number of aryl methyl sites for hydroxylation is 1. The Kier molecular flexibility index (Phi) is 6.58. The largest absolute Gasteiger partial charge is 0.387 e. The third kappa shape index (κ3) is 4.96. The Bertz CT molecular complexity index is 992. The highest BCUT2D eigenvalue weighted by Gasteiger charge is 2.26. The van der Waals surface area contributed by atoms with E-state index < -0.39 is 6.10 Å². The number of rotatable bonds is 7. The molecule has 2 atom stereocenters. The van der Waals surface area contributed by atoms with E-state index >= 15 is 0 Å². The van der Waals surface area contributed by atoms with Crippen LogP contribution in [0.4, 0.5) is 0 Å². The monoisotopic (exact) mass is 420 g/mol. The van der Waals surface area contributed by atoms with Gasteiger partial charge in [0.05, 0.1) is 6.10 Å². The predicted octanol–water partition coefficient (Wildman–Crippen LogP) is 4.64. The van der Waals surface area contributed by atoms with Crippen LogP contribution in [-0.2, 0) is 19.4 Å². The SMILES string of the molecule is O=Cc1ccc2c(c1)C[C@@H](N(Cc1ccccc1)C[C@H](O)c1ccc(Cl)nc1)CC2. The number of aromatic nitrogens is 1. The van der Waals surface area contributed by atoms with Crippen LogP contribution in [0.1, 0.15) is 45.1 Å². The van der Waals surface area contributed by atoms with Crippen molar-refractivity contribution in [3.05, 3.63) is 99.8 Å². The lowest BCUT2D eigenvalue weighted by atomic mass is 9.86. The first-order valence-electron chi connectivity index (χ1n) is 10.3. The number of fused-ring (bicyclic) bond motifs is 1. The fourth-order valence-corrected chi connectivity index (χ4v) is 4.33. The van der Waals surface area contributed by atoms with Crippen LogP contribution in [0.2, 0.25) is 5.15 Å². The fraction of sp³-hybridized carbons (Fsp3) is 0.280. The summed E-state index contributed by atoms with van der Waals surface area (Å²) in [6.07, 6.45) is 4.76. The van der Waals surface area contributed by atoms with Crippen molar-refractivity contribution in [2.45, 2.75) is 38.0 Å². The summed E-state index contributed by atoms with van der Waals surface area (Å²) in [7, 11) is 0. The Morgan fingerprint density at radius 3 is 2.70 bits per heavy atom. The second kappa shape index (κ2) is 9.52. The van der Waals surface area contributed by atoms with Crippen LogP contribution in [0.15, 0.2) is 66.9 Å². The smallest absolute Gasteiger partial charge is 0.150 e. The first-order chi connectivity index (χ1) is 14.6. The molecule has 0 unspecified atom stereocenters. The average molecular weight is 421 g/mol. The van der Waals surface area contributed by atoms with Crippen molar-refractivity contribution in [1.82, 2.24) is 9.88 Å². The standard InChI is InChI=1S/C25H25ClN2O2/c26-25-11-9-21(14-27-25)24(30)16-28(15-18-4-2-1-3-5-18)23-10-8-20-7-6-19(17-29)12-22(20)13-23/h1-7,9,11-12,14,17,23-24,30H,8,10,13,15-16H2/t23-,24-/m0/s1. The number of benzene rings is 2. The summed E-state index contributed by atoms with van der Waals surface area (Å²) in [5, 5.41) is 11.3. The van der Waals surface area contributed by atoms with Crippen molar-refractivity contribution >= 4 is 17.9 Å². The molecule has 0 bridgehead atoms. The third-order valence-corrected chi connectivity index (χ3v) is 6.08. The fourth-order valence-electron chi connectivity index (χ4n) is 4.22. The molecule has 0 aliphatic heterocycles. The quantitative estimate of drug-likeness (QED) is 0.447. The minimum absolute atomic E-state index is 0.287. The van der Waals surface area contributed by atoms with Crippen LogP contribution in [0, 0.1) is 0 Å². The molecule has 0 saturated heterocycles. The van der Waals surface area contributed by atoms with Crippen LogP contribution < -0.4 is 0 Å². The summed E-state index contributed by atoms with van der Waals surface area (Å²) in [5.74, 6) is 0. The normalized spacial score (nSPS) is 16.8. The number of hydrogen-bond acceptors (Lipinski definition) is 4. The molecule has 4 nitrogen and oxygen atoms in total. The maximum Gasteiger partial charge on any atom is 0.150 e. The summed E-state index contributed by atoms with van der Waals surface area (Å²) in [4.78, 5) is 17.7. The molecule has 1 N–H and O–H groups in total. The number of hydrogen-bond donors (Lipinski definition) is 1. The first kappa shape index (κ1) is 20.7. The summed E-state index contributed by atoms with van der Waals surface area (Å²) in [6, 6.07) is 20.1. The van der Waals surface area contributed by atoms with Crippen molar-refractivity contribution < 1.29 is 9.90 Å². The molecule has 0 radical (unpaired) electrons. The summed E-state index contributed by atoms with van der Waals surface area (Å²) in [6.45, 7) is 1.26. The van der Waals surface area contributed by atoms with Gasteiger partial charge in [-0.25, -0.2) is 4.98 Å². The second-order valence-corrected chi connectivity index (χ2v) is 8.27. The maximum absolute atomic E-state index is 11.2. The Balaban J connectivity index is 1.56. The molecule has 1 heterocycles. The van der Waals surface area contributed by atoms with Gasteiger partial charge in [0, 0.05) is 36.5 Å². The minimum Gasteiger partial charge on any atom is -0.387 e. The number of nitrogens with zero attached hydrogens (tertiary/aromatic N) is 2. The van der Waals surface area contributed by atoms with E-state index in [0.717, 1.165) is 43.2 Å². The molecule has 0 spiro atoms. The molecule has 0 amide bonds. The number of aliphatic hydroxyl groups is 1. The molecular weight excluding hydrogens is 396 g/mol. The zero-order chi connectivity index (χ0) is 20.9. The van der Waals surface area contributed by atoms with Crippen LogP contribution in [-0.4, -0.2) is 33.9 Å². The lowest BCUT2D eigenvalue weighted by Crippen LogP contribution is -2.41. The highest BCUT2D eigenvalue weighted by atomic mass is 35.5. The molecule has 3 aromatic rings. The second-order valence-electron chi connectivity index (χ2n) is 7.89. The van der Waals surface area contributed by atoms with Gasteiger partial charge in [0.15, 0.2) is 0 Å². The van der Waals surface area contributed by atoms with E-state index in [0.29, 0.717) is 11.7 Å². The van der Waals surface area contributed by atoms with E-state index in [9.17, 15) is 9.90 Å². The number of carbonyl (C=O) groups excluding carboxylic acids is 1. The topological polar surface area (TPSA) is 53.4 Å². The van der Waals surface area contributed by atoms with Gasteiger partial charge in [-0.3, -0.25) is 9.69 Å². The van der Waals surface area contributed by atoms with Crippen LogP contribution in [0.3, 0.4) is 0 Å². The van der Waals surface area contributed by atoms with Crippen LogP contribution >= 0.6 is 11.6 Å². The van der Waals surface area contributed by atoms with E-state index in [-0.39, 0.29) is 6.04 Å². The molecule has 1 aromatic heterocycles. The summed E-state index contributed by atoms with van der Waals surface area (Å²) >= 11 is 5.90.